The van der Waals surface area contributed by atoms with Gasteiger partial charge in [0.15, 0.2) is 5.69 Å². The fourth-order valence-electron chi connectivity index (χ4n) is 5.45. The number of carbonyl (C=O) groups is 1. The molecule has 3 heterocycles. The Morgan fingerprint density at radius 3 is 2.61 bits per heavy atom. The van der Waals surface area contributed by atoms with Crippen molar-refractivity contribution in [3.8, 4) is 17.0 Å². The Morgan fingerprint density at radius 1 is 1.08 bits per heavy atom. The molecule has 0 aliphatic carbocycles. The van der Waals surface area contributed by atoms with E-state index in [1.807, 2.05) is 36.4 Å². The van der Waals surface area contributed by atoms with E-state index in [9.17, 15) is 9.90 Å². The fraction of sp³-hybridized carbons (Fsp3) is 0.233. The number of methoxy groups -OCH3 is 1. The highest BCUT2D eigenvalue weighted by Gasteiger charge is 2.25. The van der Waals surface area contributed by atoms with E-state index in [0.717, 1.165) is 57.5 Å². The topological polar surface area (TPSA) is 117 Å². The molecule has 0 unspecified atom stereocenters. The molecule has 5 aromatic rings. The maximum atomic E-state index is 12.3. The number of aromatic nitrogens is 3. The lowest BCUT2D eigenvalue weighted by Crippen LogP contribution is -2.16. The molecule has 2 aromatic heterocycles. The summed E-state index contributed by atoms with van der Waals surface area (Å²) in [5.41, 5.74) is 13.1. The highest BCUT2D eigenvalue weighted by Crippen LogP contribution is 2.40. The van der Waals surface area contributed by atoms with Crippen molar-refractivity contribution in [3.05, 3.63) is 82.5 Å². The zero-order chi connectivity index (χ0) is 26.8. The van der Waals surface area contributed by atoms with E-state index < -0.39 is 11.5 Å². The normalized spacial score (nSPS) is 13.3. The first-order valence-corrected chi connectivity index (χ1v) is 12.5. The van der Waals surface area contributed by atoms with Crippen LogP contribution >= 0.6 is 0 Å². The van der Waals surface area contributed by atoms with Gasteiger partial charge in [0.2, 0.25) is 0 Å². The van der Waals surface area contributed by atoms with Crippen molar-refractivity contribution in [2.75, 3.05) is 12.0 Å². The van der Waals surface area contributed by atoms with Crippen LogP contribution in [0.2, 0.25) is 0 Å². The largest absolute Gasteiger partial charge is 0.497 e. The van der Waals surface area contributed by atoms with Crippen LogP contribution in [0, 0.1) is 6.92 Å². The second-order valence-corrected chi connectivity index (χ2v) is 10.4. The Bertz CT molecular complexity index is 1750. The van der Waals surface area contributed by atoms with Gasteiger partial charge >= 0.3 is 0 Å². The monoisotopic (exact) mass is 507 g/mol. The van der Waals surface area contributed by atoms with E-state index >= 15 is 0 Å². The molecule has 0 spiro atoms. The first-order valence-electron chi connectivity index (χ1n) is 12.5. The third kappa shape index (κ3) is 3.76. The summed E-state index contributed by atoms with van der Waals surface area (Å²) in [5, 5.41) is 21.0. The molecule has 3 aromatic carbocycles. The summed E-state index contributed by atoms with van der Waals surface area (Å²) < 4.78 is 5.42. The first-order chi connectivity index (χ1) is 18.2. The van der Waals surface area contributed by atoms with Gasteiger partial charge in [-0.2, -0.15) is 0 Å². The van der Waals surface area contributed by atoms with Crippen LogP contribution in [-0.2, 0) is 18.7 Å². The maximum absolute atomic E-state index is 12.3. The van der Waals surface area contributed by atoms with E-state index in [4.69, 9.17) is 10.5 Å². The van der Waals surface area contributed by atoms with Crippen LogP contribution in [-0.4, -0.2) is 33.3 Å². The zero-order valence-corrected chi connectivity index (χ0v) is 21.8. The van der Waals surface area contributed by atoms with Crippen LogP contribution in [0.5, 0.6) is 5.75 Å². The number of aliphatic hydroxyl groups is 1. The van der Waals surface area contributed by atoms with Crippen LogP contribution in [0.4, 0.5) is 5.69 Å². The molecule has 0 radical (unpaired) electrons. The van der Waals surface area contributed by atoms with Gasteiger partial charge in [-0.05, 0) is 67.3 Å². The molecule has 8 nitrogen and oxygen atoms in total. The lowest BCUT2D eigenvalue weighted by Gasteiger charge is -2.22. The molecule has 4 N–H and O–H groups in total. The second-order valence-electron chi connectivity index (χ2n) is 10.4. The smallest absolute Gasteiger partial charge is 0.271 e. The minimum Gasteiger partial charge on any atom is -0.497 e. The summed E-state index contributed by atoms with van der Waals surface area (Å²) >= 11 is 0. The van der Waals surface area contributed by atoms with Crippen molar-refractivity contribution >= 4 is 33.4 Å². The van der Waals surface area contributed by atoms with Gasteiger partial charge in [0.1, 0.15) is 11.4 Å². The van der Waals surface area contributed by atoms with Gasteiger partial charge in [-0.1, -0.05) is 30.3 Å². The molecule has 192 valence electrons. The molecule has 8 heteroatoms. The predicted molar refractivity (Wildman–Crippen MR) is 148 cm³/mol. The molecule has 38 heavy (non-hydrogen) atoms. The summed E-state index contributed by atoms with van der Waals surface area (Å²) in [6.07, 6.45) is 0. The van der Waals surface area contributed by atoms with E-state index in [1.54, 1.807) is 21.0 Å². The molecular weight excluding hydrogens is 478 g/mol. The van der Waals surface area contributed by atoms with Gasteiger partial charge in [0.25, 0.3) is 5.91 Å². The van der Waals surface area contributed by atoms with Gasteiger partial charge in [0, 0.05) is 40.6 Å². The molecule has 6 rings (SSSR count). The van der Waals surface area contributed by atoms with Crippen LogP contribution in [0.3, 0.4) is 0 Å². The summed E-state index contributed by atoms with van der Waals surface area (Å²) in [6.45, 7) is 7.15. The summed E-state index contributed by atoms with van der Waals surface area (Å²) in [5.74, 6) is 0.203. The third-order valence-corrected chi connectivity index (χ3v) is 7.50. The number of aromatic amines is 1. The maximum Gasteiger partial charge on any atom is 0.271 e. The Labute approximate surface area is 220 Å². The van der Waals surface area contributed by atoms with Crippen LogP contribution < -0.4 is 15.4 Å². The molecule has 0 bridgehead atoms. The Hall–Kier alpha value is -4.43. The molecule has 1 aliphatic heterocycles. The zero-order valence-electron chi connectivity index (χ0n) is 21.8. The average molecular weight is 508 g/mol. The molecular formula is C30H29N5O3. The number of H-pyrrole nitrogens is 1. The fourth-order valence-corrected chi connectivity index (χ4v) is 5.45. The van der Waals surface area contributed by atoms with Gasteiger partial charge < -0.3 is 25.5 Å². The van der Waals surface area contributed by atoms with E-state index in [-0.39, 0.29) is 5.69 Å². The quantitative estimate of drug-likeness (QED) is 0.310. The number of amides is 1. The number of carbonyl (C=O) groups excluding carboxylic acids is 1. The number of rotatable bonds is 5. The Kier molecular flexibility index (Phi) is 5.39. The van der Waals surface area contributed by atoms with E-state index in [2.05, 4.69) is 45.2 Å². The Balaban J connectivity index is 1.51. The number of nitrogens with one attached hydrogen (secondary N) is 1. The van der Waals surface area contributed by atoms with Crippen molar-refractivity contribution in [2.24, 2.45) is 5.73 Å². The van der Waals surface area contributed by atoms with Crippen molar-refractivity contribution in [2.45, 2.75) is 39.5 Å². The highest BCUT2D eigenvalue weighted by molar-refractivity contribution is 6.18. The number of hydrogen-bond acceptors (Lipinski definition) is 6. The number of hydrogen-bond donors (Lipinski definition) is 3. The number of ether oxygens (including phenoxy) is 1. The molecule has 0 atom stereocenters. The number of fused-ring (bicyclic) bond motifs is 4. The predicted octanol–water partition coefficient (Wildman–Crippen LogP) is 4.94. The molecule has 0 saturated heterocycles. The number of benzene rings is 3. The van der Waals surface area contributed by atoms with Gasteiger partial charge in [-0.15, -0.1) is 10.2 Å². The lowest BCUT2D eigenvalue weighted by atomic mass is 9.95. The average Bonchev–Trinajstić information content (AvgIpc) is 3.48. The SMILES string of the molecule is COc1ccc2c(c1)CN(c1cccc(-c3nnc(C(N)=O)c4[nH]c5cc(C(C)(C)O)ccc5c34)c1C)C2. The van der Waals surface area contributed by atoms with Crippen molar-refractivity contribution in [1.29, 1.82) is 0 Å². The number of primary amides is 1. The van der Waals surface area contributed by atoms with E-state index in [0.29, 0.717) is 11.2 Å². The number of nitrogens with two attached hydrogens (primary N) is 1. The summed E-state index contributed by atoms with van der Waals surface area (Å²) in [6, 6.07) is 18.1. The minimum atomic E-state index is -1.01. The molecule has 1 amide bonds. The lowest BCUT2D eigenvalue weighted by molar-refractivity contribution is 0.0787. The minimum absolute atomic E-state index is 0.0857. The van der Waals surface area contributed by atoms with Crippen molar-refractivity contribution in [3.63, 3.8) is 0 Å². The summed E-state index contributed by atoms with van der Waals surface area (Å²) in [4.78, 5) is 17.9. The molecule has 0 fully saturated rings. The first kappa shape index (κ1) is 23.9. The summed E-state index contributed by atoms with van der Waals surface area (Å²) in [7, 11) is 1.68. The van der Waals surface area contributed by atoms with Crippen molar-refractivity contribution < 1.29 is 14.6 Å². The van der Waals surface area contributed by atoms with Gasteiger partial charge in [-0.25, -0.2) is 0 Å². The third-order valence-electron chi connectivity index (χ3n) is 7.50. The van der Waals surface area contributed by atoms with Crippen LogP contribution in [0.15, 0.2) is 54.6 Å². The Morgan fingerprint density at radius 2 is 1.87 bits per heavy atom. The number of anilines is 1. The van der Waals surface area contributed by atoms with E-state index in [1.165, 1.54) is 11.1 Å². The van der Waals surface area contributed by atoms with Gasteiger partial charge in [0.05, 0.1) is 18.2 Å². The number of nitrogens with zero attached hydrogens (tertiary/aromatic N) is 3. The van der Waals surface area contributed by atoms with Crippen molar-refractivity contribution in [1.82, 2.24) is 15.2 Å². The standard InChI is InChI=1S/C30H29N5O3/c1-16-21(6-5-7-24(16)35-14-17-8-10-20(38-4)12-18(17)15-35)26-25-22-11-9-19(30(2,3)37)13-23(22)32-27(25)28(29(31)36)34-33-26/h5-13,32,37H,14-15H2,1-4H3,(H2,31,36). The van der Waals surface area contributed by atoms with Crippen LogP contribution in [0.25, 0.3) is 33.1 Å². The van der Waals surface area contributed by atoms with Crippen LogP contribution in [0.1, 0.15) is 46.6 Å². The molecule has 0 saturated carbocycles. The molecule has 1 aliphatic rings. The second kappa shape index (κ2) is 8.56. The van der Waals surface area contributed by atoms with Gasteiger partial charge in [-0.3, -0.25) is 4.79 Å². The highest BCUT2D eigenvalue weighted by atomic mass is 16.5.